The largest absolute Gasteiger partial charge is 0.354 e. The van der Waals surface area contributed by atoms with Crippen LogP contribution in [0.2, 0.25) is 0 Å². The molecular weight excluding hydrogens is 331 g/mol. The van der Waals surface area contributed by atoms with Gasteiger partial charge in [0.15, 0.2) is 11.6 Å². The number of nitrogens with zero attached hydrogens (tertiary/aromatic N) is 3. The number of pyridine rings is 1. The molecule has 3 aromatic rings. The highest BCUT2D eigenvalue weighted by atomic mass is 19.2. The van der Waals surface area contributed by atoms with Crippen LogP contribution in [-0.2, 0) is 0 Å². The molecule has 0 saturated heterocycles. The van der Waals surface area contributed by atoms with Crippen molar-refractivity contribution < 1.29 is 13.2 Å². The highest BCUT2D eigenvalue weighted by Gasteiger charge is 2.16. The first kappa shape index (κ1) is 16.7. The van der Waals surface area contributed by atoms with Crippen LogP contribution < -0.4 is 10.6 Å². The summed E-state index contributed by atoms with van der Waals surface area (Å²) in [6, 6.07) is 8.33. The number of nitrogens with one attached hydrogen (secondary N) is 2. The van der Waals surface area contributed by atoms with Gasteiger partial charge in [0.05, 0.1) is 11.4 Å². The molecule has 0 aliphatic heterocycles. The van der Waals surface area contributed by atoms with Crippen LogP contribution in [0.1, 0.15) is 6.92 Å². The van der Waals surface area contributed by atoms with E-state index in [4.69, 9.17) is 0 Å². The molecule has 0 amide bonds. The molecule has 0 atom stereocenters. The molecule has 0 spiro atoms. The summed E-state index contributed by atoms with van der Waals surface area (Å²) in [5, 5.41) is 5.41. The summed E-state index contributed by atoms with van der Waals surface area (Å²) in [5.74, 6) is -3.04. The fourth-order valence-corrected chi connectivity index (χ4v) is 2.16. The molecule has 0 bridgehead atoms. The van der Waals surface area contributed by atoms with E-state index in [2.05, 4.69) is 25.6 Å². The van der Waals surface area contributed by atoms with Crippen LogP contribution in [0.15, 0.2) is 42.6 Å². The predicted octanol–water partition coefficient (Wildman–Crippen LogP) is 4.13. The van der Waals surface area contributed by atoms with Crippen LogP contribution in [0.5, 0.6) is 0 Å². The number of benzene rings is 1. The molecule has 0 aliphatic carbocycles. The predicted molar refractivity (Wildman–Crippen MR) is 89.0 cm³/mol. The molecule has 25 heavy (non-hydrogen) atoms. The zero-order chi connectivity index (χ0) is 17.8. The third-order valence-electron chi connectivity index (χ3n) is 3.29. The molecule has 2 aromatic heterocycles. The summed E-state index contributed by atoms with van der Waals surface area (Å²) in [6.45, 7) is 2.41. The third kappa shape index (κ3) is 3.68. The normalized spacial score (nSPS) is 10.6. The highest BCUT2D eigenvalue weighted by Crippen LogP contribution is 2.27. The maximum atomic E-state index is 13.9. The first-order valence-corrected chi connectivity index (χ1v) is 7.53. The van der Waals surface area contributed by atoms with E-state index in [0.29, 0.717) is 17.9 Å². The van der Waals surface area contributed by atoms with Gasteiger partial charge in [-0.3, -0.25) is 4.98 Å². The monoisotopic (exact) mass is 345 g/mol. The van der Waals surface area contributed by atoms with Gasteiger partial charge in [0.25, 0.3) is 0 Å². The smallest absolute Gasteiger partial charge is 0.225 e. The minimum atomic E-state index is -1.32. The van der Waals surface area contributed by atoms with Crippen molar-refractivity contribution in [3.63, 3.8) is 0 Å². The Kier molecular flexibility index (Phi) is 4.78. The SMILES string of the molecule is CCNc1nc(Nc2c(F)ccc(F)c2F)cc(-c2ccccn2)n1. The molecule has 1 aromatic carbocycles. The number of halogens is 3. The third-order valence-corrected chi connectivity index (χ3v) is 3.29. The van der Waals surface area contributed by atoms with Gasteiger partial charge in [0, 0.05) is 18.8 Å². The number of hydrogen-bond acceptors (Lipinski definition) is 5. The fraction of sp³-hybridized carbons (Fsp3) is 0.118. The van der Waals surface area contributed by atoms with E-state index in [9.17, 15) is 13.2 Å². The van der Waals surface area contributed by atoms with Crippen molar-refractivity contribution in [1.29, 1.82) is 0 Å². The van der Waals surface area contributed by atoms with Crippen molar-refractivity contribution in [2.45, 2.75) is 6.92 Å². The Balaban J connectivity index is 2.04. The lowest BCUT2D eigenvalue weighted by atomic mass is 10.2. The summed E-state index contributed by atoms with van der Waals surface area (Å²) in [5.41, 5.74) is 0.395. The second-order valence-electron chi connectivity index (χ2n) is 5.05. The molecule has 0 unspecified atom stereocenters. The average Bonchev–Trinajstić information content (AvgIpc) is 2.63. The lowest BCUT2D eigenvalue weighted by molar-refractivity contribution is 0.499. The van der Waals surface area contributed by atoms with Crippen LogP contribution in [0, 0.1) is 17.5 Å². The van der Waals surface area contributed by atoms with E-state index in [0.717, 1.165) is 12.1 Å². The van der Waals surface area contributed by atoms with Gasteiger partial charge < -0.3 is 10.6 Å². The molecule has 0 radical (unpaired) electrons. The first-order chi connectivity index (χ1) is 12.1. The molecule has 2 N–H and O–H groups in total. The van der Waals surface area contributed by atoms with Crippen LogP contribution in [-0.4, -0.2) is 21.5 Å². The van der Waals surface area contributed by atoms with Crippen LogP contribution in [0.25, 0.3) is 11.4 Å². The quantitative estimate of drug-likeness (QED) is 0.681. The van der Waals surface area contributed by atoms with Crippen molar-refractivity contribution in [2.75, 3.05) is 17.2 Å². The Hall–Kier alpha value is -3.16. The molecule has 0 fully saturated rings. The highest BCUT2D eigenvalue weighted by molar-refractivity contribution is 5.65. The van der Waals surface area contributed by atoms with E-state index in [1.807, 2.05) is 6.92 Å². The van der Waals surface area contributed by atoms with Crippen molar-refractivity contribution in [1.82, 2.24) is 15.0 Å². The van der Waals surface area contributed by atoms with Gasteiger partial charge >= 0.3 is 0 Å². The molecular formula is C17H14F3N5. The van der Waals surface area contributed by atoms with Crippen LogP contribution in [0.4, 0.5) is 30.6 Å². The van der Waals surface area contributed by atoms with Crippen molar-refractivity contribution in [3.05, 3.63) is 60.0 Å². The maximum absolute atomic E-state index is 13.9. The average molecular weight is 345 g/mol. The molecule has 128 valence electrons. The summed E-state index contributed by atoms with van der Waals surface area (Å²) in [4.78, 5) is 12.6. The second kappa shape index (κ2) is 7.16. The number of aromatic nitrogens is 3. The van der Waals surface area contributed by atoms with Crippen molar-refractivity contribution in [3.8, 4) is 11.4 Å². The Morgan fingerprint density at radius 1 is 0.960 bits per heavy atom. The number of rotatable bonds is 5. The molecule has 5 nitrogen and oxygen atoms in total. The maximum Gasteiger partial charge on any atom is 0.225 e. The van der Waals surface area contributed by atoms with Crippen LogP contribution in [0.3, 0.4) is 0 Å². The topological polar surface area (TPSA) is 62.7 Å². The van der Waals surface area contributed by atoms with E-state index in [1.165, 1.54) is 6.07 Å². The first-order valence-electron chi connectivity index (χ1n) is 7.53. The Labute approximate surface area is 142 Å². The zero-order valence-electron chi connectivity index (χ0n) is 13.2. The van der Waals surface area contributed by atoms with Gasteiger partial charge in [-0.25, -0.2) is 18.2 Å². The Bertz CT molecular complexity index is 887. The molecule has 3 rings (SSSR count). The second-order valence-corrected chi connectivity index (χ2v) is 5.05. The van der Waals surface area contributed by atoms with Gasteiger partial charge in [0.2, 0.25) is 5.95 Å². The minimum Gasteiger partial charge on any atom is -0.354 e. The molecule has 8 heteroatoms. The van der Waals surface area contributed by atoms with E-state index < -0.39 is 23.1 Å². The number of anilines is 3. The number of hydrogen-bond donors (Lipinski definition) is 2. The lowest BCUT2D eigenvalue weighted by Gasteiger charge is -2.12. The van der Waals surface area contributed by atoms with E-state index in [-0.39, 0.29) is 11.8 Å². The summed E-state index contributed by atoms with van der Waals surface area (Å²) < 4.78 is 41.1. The standard InChI is InChI=1S/C17H14F3N5/c1-2-21-17-23-13(12-5-3-4-8-22-12)9-14(25-17)24-16-11(19)7-6-10(18)15(16)20/h3-9H,2H2,1H3,(H2,21,23,24,25). The zero-order valence-corrected chi connectivity index (χ0v) is 13.2. The summed E-state index contributed by atoms with van der Waals surface area (Å²) in [7, 11) is 0. The van der Waals surface area contributed by atoms with Gasteiger partial charge in [-0.15, -0.1) is 0 Å². The Morgan fingerprint density at radius 2 is 1.76 bits per heavy atom. The minimum absolute atomic E-state index is 0.106. The van der Waals surface area contributed by atoms with Gasteiger partial charge in [-0.1, -0.05) is 6.07 Å². The van der Waals surface area contributed by atoms with E-state index >= 15 is 0 Å². The Morgan fingerprint density at radius 3 is 2.48 bits per heavy atom. The van der Waals surface area contributed by atoms with E-state index in [1.54, 1.807) is 24.4 Å². The van der Waals surface area contributed by atoms with Crippen LogP contribution >= 0.6 is 0 Å². The molecule has 0 aliphatic rings. The van der Waals surface area contributed by atoms with Gasteiger partial charge in [-0.05, 0) is 31.2 Å². The summed E-state index contributed by atoms with van der Waals surface area (Å²) in [6.07, 6.45) is 1.60. The molecule has 0 saturated carbocycles. The van der Waals surface area contributed by atoms with Gasteiger partial charge in [0.1, 0.15) is 17.3 Å². The lowest BCUT2D eigenvalue weighted by Crippen LogP contribution is -2.07. The fourth-order valence-electron chi connectivity index (χ4n) is 2.16. The van der Waals surface area contributed by atoms with Crippen molar-refractivity contribution in [2.24, 2.45) is 0 Å². The molecule has 2 heterocycles. The van der Waals surface area contributed by atoms with Crippen molar-refractivity contribution >= 4 is 17.5 Å². The summed E-state index contributed by atoms with van der Waals surface area (Å²) >= 11 is 0. The van der Waals surface area contributed by atoms with Gasteiger partial charge in [-0.2, -0.15) is 4.98 Å².